The maximum Gasteiger partial charge on any atom is 0.355 e. The average molecular weight is 301 g/mol. The van der Waals surface area contributed by atoms with E-state index in [1.54, 1.807) is 0 Å². The Morgan fingerprint density at radius 1 is 1.30 bits per heavy atom. The van der Waals surface area contributed by atoms with Crippen molar-refractivity contribution in [2.75, 3.05) is 13.3 Å². The number of carbonyl (C=O) groups excluding carboxylic acids is 1. The molecule has 0 atom stereocenters. The molecule has 0 aliphatic rings. The van der Waals surface area contributed by atoms with Gasteiger partial charge in [0, 0.05) is 13.6 Å². The zero-order valence-electron chi connectivity index (χ0n) is 12.0. The summed E-state index contributed by atoms with van der Waals surface area (Å²) in [5.41, 5.74) is 8.26. The fourth-order valence-electron chi connectivity index (χ4n) is 1.62. The fraction of sp³-hybridized carbons (Fsp3) is 0.417. The zero-order chi connectivity index (χ0) is 15.5. The number of nitrogens with two attached hydrogens (primary N) is 1. The molecule has 0 unspecified atom stereocenters. The Hall–Kier alpha value is -1.64. The lowest BCUT2D eigenvalue weighted by Crippen LogP contribution is -2.47. The number of hydroxylamine groups is 1. The molecule has 0 aliphatic carbocycles. The van der Waals surface area contributed by atoms with Gasteiger partial charge in [-0.3, -0.25) is 0 Å². The van der Waals surface area contributed by atoms with E-state index in [0.717, 1.165) is 22.9 Å². The number of benzene rings is 1. The third-order valence-electron chi connectivity index (χ3n) is 2.69. The van der Waals surface area contributed by atoms with Crippen molar-refractivity contribution in [2.24, 2.45) is 5.73 Å². The lowest BCUT2D eigenvalue weighted by Gasteiger charge is -2.27. The number of hydrogen-bond acceptors (Lipinski definition) is 5. The fourth-order valence-corrected chi connectivity index (χ4v) is 2.06. The van der Waals surface area contributed by atoms with E-state index in [-0.39, 0.29) is 6.54 Å². The maximum atomic E-state index is 11.2. The third kappa shape index (κ3) is 4.80. The molecule has 7 nitrogen and oxygen atoms in total. The van der Waals surface area contributed by atoms with Crippen molar-refractivity contribution in [3.8, 4) is 0 Å². The first-order valence-electron chi connectivity index (χ1n) is 5.86. The van der Waals surface area contributed by atoms with E-state index >= 15 is 0 Å². The molecule has 20 heavy (non-hydrogen) atoms. The largest absolute Gasteiger partial charge is 0.355 e. The quantitative estimate of drug-likeness (QED) is 0.816. The second-order valence-electron chi connectivity index (χ2n) is 4.62. The molecular formula is C12H19N3O4S. The molecule has 0 spiro atoms. The number of hydrogen-bond donors (Lipinski definition) is 1. The highest BCUT2D eigenvalue weighted by Gasteiger charge is 2.22. The first-order chi connectivity index (χ1) is 9.10. The Morgan fingerprint density at radius 3 is 2.35 bits per heavy atom. The van der Waals surface area contributed by atoms with Gasteiger partial charge in [0.2, 0.25) is 0 Å². The van der Waals surface area contributed by atoms with Crippen molar-refractivity contribution in [3.63, 3.8) is 0 Å². The number of hydrazine groups is 1. The van der Waals surface area contributed by atoms with Crippen LogP contribution in [0, 0.1) is 13.8 Å². The number of primary amides is 1. The van der Waals surface area contributed by atoms with Crippen LogP contribution in [0.4, 0.5) is 4.79 Å². The van der Waals surface area contributed by atoms with Crippen molar-refractivity contribution < 1.29 is 17.5 Å². The number of amides is 2. The van der Waals surface area contributed by atoms with Gasteiger partial charge in [0.25, 0.3) is 10.1 Å². The summed E-state index contributed by atoms with van der Waals surface area (Å²) in [4.78, 5) is 11.2. The predicted molar refractivity (Wildman–Crippen MR) is 74.7 cm³/mol. The standard InChI is InChI=1S/C12H19N3O4S/c1-9-5-6-11(7-10(9)2)8-14(3)15(12(13)16)19-20(4,17)18/h5-7H,8H2,1-4H3,(H2,13,16). The normalized spacial score (nSPS) is 11.7. The van der Waals surface area contributed by atoms with Crippen molar-refractivity contribution in [1.82, 2.24) is 10.2 Å². The number of aryl methyl sites for hydroxylation is 2. The van der Waals surface area contributed by atoms with Crippen LogP contribution in [0.25, 0.3) is 0 Å². The Bertz CT molecular complexity index is 601. The summed E-state index contributed by atoms with van der Waals surface area (Å²) in [5, 5.41) is 1.80. The topological polar surface area (TPSA) is 92.9 Å². The Labute approximate surface area is 119 Å². The van der Waals surface area contributed by atoms with E-state index in [9.17, 15) is 13.2 Å². The van der Waals surface area contributed by atoms with E-state index in [1.807, 2.05) is 32.0 Å². The molecule has 0 saturated carbocycles. The maximum absolute atomic E-state index is 11.2. The summed E-state index contributed by atoms with van der Waals surface area (Å²) in [6, 6.07) is 4.77. The minimum absolute atomic E-state index is 0.277. The summed E-state index contributed by atoms with van der Waals surface area (Å²) < 4.78 is 26.8. The van der Waals surface area contributed by atoms with Crippen molar-refractivity contribution in [2.45, 2.75) is 20.4 Å². The molecule has 1 rings (SSSR count). The number of urea groups is 1. The Morgan fingerprint density at radius 2 is 1.90 bits per heavy atom. The lowest BCUT2D eigenvalue weighted by atomic mass is 10.1. The molecule has 1 aromatic carbocycles. The van der Waals surface area contributed by atoms with Crippen LogP contribution in [-0.2, 0) is 20.9 Å². The number of nitrogens with zero attached hydrogens (tertiary/aromatic N) is 2. The van der Waals surface area contributed by atoms with Gasteiger partial charge in [-0.05, 0) is 30.5 Å². The van der Waals surface area contributed by atoms with Crippen LogP contribution in [0.2, 0.25) is 0 Å². The van der Waals surface area contributed by atoms with Gasteiger partial charge >= 0.3 is 6.03 Å². The Kier molecular flexibility index (Phi) is 5.09. The van der Waals surface area contributed by atoms with Gasteiger partial charge in [-0.15, -0.1) is 9.46 Å². The van der Waals surface area contributed by atoms with Crippen LogP contribution < -0.4 is 5.73 Å². The molecule has 1 aromatic rings. The highest BCUT2D eigenvalue weighted by molar-refractivity contribution is 7.85. The van der Waals surface area contributed by atoms with Crippen LogP contribution in [0.5, 0.6) is 0 Å². The van der Waals surface area contributed by atoms with Gasteiger partial charge < -0.3 is 5.73 Å². The molecule has 112 valence electrons. The smallest absolute Gasteiger partial charge is 0.348 e. The molecule has 0 aromatic heterocycles. The van der Waals surface area contributed by atoms with Gasteiger partial charge in [-0.2, -0.15) is 13.4 Å². The van der Waals surface area contributed by atoms with Crippen LogP contribution >= 0.6 is 0 Å². The van der Waals surface area contributed by atoms with E-state index in [2.05, 4.69) is 4.28 Å². The lowest BCUT2D eigenvalue weighted by molar-refractivity contribution is -0.159. The van der Waals surface area contributed by atoms with Crippen molar-refractivity contribution in [1.29, 1.82) is 0 Å². The first-order valence-corrected chi connectivity index (χ1v) is 7.68. The molecule has 8 heteroatoms. The van der Waals surface area contributed by atoms with E-state index < -0.39 is 16.1 Å². The molecule has 0 aliphatic heterocycles. The average Bonchev–Trinajstić information content (AvgIpc) is 2.29. The molecule has 2 amide bonds. The second kappa shape index (κ2) is 6.21. The molecular weight excluding hydrogens is 282 g/mol. The van der Waals surface area contributed by atoms with Crippen LogP contribution in [0.1, 0.15) is 16.7 Å². The van der Waals surface area contributed by atoms with Crippen LogP contribution in [0.15, 0.2) is 18.2 Å². The molecule has 0 fully saturated rings. The SMILES string of the molecule is Cc1ccc(CN(C)N(OS(C)(=O)=O)C(N)=O)cc1C. The number of carbonyl (C=O) groups is 1. The summed E-state index contributed by atoms with van der Waals surface area (Å²) in [6.07, 6.45) is 0.840. The van der Waals surface area contributed by atoms with Crippen LogP contribution in [0.3, 0.4) is 0 Å². The summed E-state index contributed by atoms with van der Waals surface area (Å²) >= 11 is 0. The minimum Gasteiger partial charge on any atom is -0.348 e. The van der Waals surface area contributed by atoms with Gasteiger partial charge in [-0.25, -0.2) is 4.79 Å². The van der Waals surface area contributed by atoms with Gasteiger partial charge in [0.05, 0.1) is 6.26 Å². The van der Waals surface area contributed by atoms with Gasteiger partial charge in [-0.1, -0.05) is 18.2 Å². The highest BCUT2D eigenvalue weighted by atomic mass is 32.2. The van der Waals surface area contributed by atoms with Gasteiger partial charge in [0.1, 0.15) is 0 Å². The molecule has 0 bridgehead atoms. The molecule has 0 heterocycles. The van der Waals surface area contributed by atoms with E-state index in [4.69, 9.17) is 5.73 Å². The number of rotatable bonds is 5. The summed E-state index contributed by atoms with van der Waals surface area (Å²) in [5.74, 6) is 0. The van der Waals surface area contributed by atoms with E-state index in [1.165, 1.54) is 12.1 Å². The summed E-state index contributed by atoms with van der Waals surface area (Å²) in [6.45, 7) is 4.24. The molecule has 0 radical (unpaired) electrons. The first kappa shape index (κ1) is 16.4. The summed E-state index contributed by atoms with van der Waals surface area (Å²) in [7, 11) is -2.33. The Balaban J connectivity index is 2.88. The highest BCUT2D eigenvalue weighted by Crippen LogP contribution is 2.13. The zero-order valence-corrected chi connectivity index (χ0v) is 12.8. The minimum atomic E-state index is -3.84. The molecule has 0 saturated heterocycles. The van der Waals surface area contributed by atoms with Crippen molar-refractivity contribution in [3.05, 3.63) is 34.9 Å². The van der Waals surface area contributed by atoms with Gasteiger partial charge in [0.15, 0.2) is 0 Å². The second-order valence-corrected chi connectivity index (χ2v) is 6.18. The van der Waals surface area contributed by atoms with Crippen LogP contribution in [-0.4, -0.2) is 37.9 Å². The predicted octanol–water partition coefficient (Wildman–Crippen LogP) is 0.922. The monoisotopic (exact) mass is 301 g/mol. The van der Waals surface area contributed by atoms with E-state index in [0.29, 0.717) is 5.17 Å². The third-order valence-corrected chi connectivity index (χ3v) is 3.10. The molecule has 2 N–H and O–H groups in total. The van der Waals surface area contributed by atoms with Crippen molar-refractivity contribution >= 4 is 16.1 Å².